The van der Waals surface area contributed by atoms with Gasteiger partial charge >= 0.3 is 0 Å². The fourth-order valence-corrected chi connectivity index (χ4v) is 0.801. The maximum Gasteiger partial charge on any atom is 0.218 e. The molecular formula is C6H13N5. The van der Waals surface area contributed by atoms with Crippen LogP contribution in [0.3, 0.4) is 0 Å². The van der Waals surface area contributed by atoms with Crippen molar-refractivity contribution in [2.45, 2.75) is 6.54 Å². The molecule has 1 aromatic heterocycles. The first kappa shape index (κ1) is 8.00. The van der Waals surface area contributed by atoms with Crippen molar-refractivity contribution in [1.82, 2.24) is 19.7 Å². The van der Waals surface area contributed by atoms with E-state index in [0.717, 1.165) is 12.4 Å². The van der Waals surface area contributed by atoms with Crippen LogP contribution in [0.1, 0.15) is 5.82 Å². The van der Waals surface area contributed by atoms with E-state index in [-0.39, 0.29) is 0 Å². The number of anilines is 1. The molecule has 0 saturated carbocycles. The second-order valence-electron chi connectivity index (χ2n) is 2.75. The molecule has 0 aliphatic carbocycles. The highest BCUT2D eigenvalue weighted by molar-refractivity contribution is 5.14. The summed E-state index contributed by atoms with van der Waals surface area (Å²) in [4.78, 5) is 6.03. The van der Waals surface area contributed by atoms with Gasteiger partial charge in [0.2, 0.25) is 5.95 Å². The highest BCUT2D eigenvalue weighted by atomic mass is 15.4. The Morgan fingerprint density at radius 3 is 2.55 bits per heavy atom. The van der Waals surface area contributed by atoms with E-state index in [1.54, 1.807) is 11.7 Å². The third-order valence-electron chi connectivity index (χ3n) is 1.30. The molecule has 0 aliphatic heterocycles. The Bertz CT molecular complexity index is 220. The van der Waals surface area contributed by atoms with E-state index < -0.39 is 0 Å². The second-order valence-corrected chi connectivity index (χ2v) is 2.75. The topological polar surface area (TPSA) is 60.0 Å². The molecule has 0 radical (unpaired) electrons. The SMILES string of the molecule is CN(C)Cc1nc(N)n(C)n1. The molecule has 0 aromatic carbocycles. The van der Waals surface area contributed by atoms with E-state index in [4.69, 9.17) is 5.73 Å². The summed E-state index contributed by atoms with van der Waals surface area (Å²) in [6.07, 6.45) is 0. The van der Waals surface area contributed by atoms with Gasteiger partial charge in [0.05, 0.1) is 6.54 Å². The van der Waals surface area contributed by atoms with Crippen LogP contribution in [0.25, 0.3) is 0 Å². The van der Waals surface area contributed by atoms with Crippen molar-refractivity contribution in [1.29, 1.82) is 0 Å². The Balaban J connectivity index is 2.73. The van der Waals surface area contributed by atoms with Crippen LogP contribution in [-0.4, -0.2) is 33.8 Å². The Morgan fingerprint density at radius 1 is 1.55 bits per heavy atom. The number of hydrogen-bond acceptors (Lipinski definition) is 4. The normalized spacial score (nSPS) is 10.9. The van der Waals surface area contributed by atoms with Gasteiger partial charge in [-0.3, -0.25) is 0 Å². The molecule has 11 heavy (non-hydrogen) atoms. The lowest BCUT2D eigenvalue weighted by Gasteiger charge is -2.03. The van der Waals surface area contributed by atoms with Gasteiger partial charge in [-0.2, -0.15) is 10.1 Å². The van der Waals surface area contributed by atoms with Crippen molar-refractivity contribution in [2.24, 2.45) is 7.05 Å². The molecule has 0 unspecified atom stereocenters. The van der Waals surface area contributed by atoms with E-state index in [2.05, 4.69) is 10.1 Å². The summed E-state index contributed by atoms with van der Waals surface area (Å²) in [6.45, 7) is 0.727. The van der Waals surface area contributed by atoms with Crippen LogP contribution in [-0.2, 0) is 13.6 Å². The van der Waals surface area contributed by atoms with Gasteiger partial charge in [-0.05, 0) is 14.1 Å². The van der Waals surface area contributed by atoms with Crippen LogP contribution in [0.5, 0.6) is 0 Å². The average molecular weight is 155 g/mol. The van der Waals surface area contributed by atoms with Crippen molar-refractivity contribution < 1.29 is 0 Å². The molecule has 2 N–H and O–H groups in total. The summed E-state index contributed by atoms with van der Waals surface area (Å²) < 4.78 is 1.57. The predicted molar refractivity (Wildman–Crippen MR) is 42.8 cm³/mol. The predicted octanol–water partition coefficient (Wildman–Crippen LogP) is -0.541. The number of nitrogens with two attached hydrogens (primary N) is 1. The lowest BCUT2D eigenvalue weighted by Crippen LogP contribution is -2.12. The minimum absolute atomic E-state index is 0.460. The quantitative estimate of drug-likeness (QED) is 0.623. The molecule has 0 fully saturated rings. The largest absolute Gasteiger partial charge is 0.368 e. The summed E-state index contributed by atoms with van der Waals surface area (Å²) in [5.74, 6) is 1.22. The van der Waals surface area contributed by atoms with Gasteiger partial charge in [0.15, 0.2) is 5.82 Å². The summed E-state index contributed by atoms with van der Waals surface area (Å²) in [5.41, 5.74) is 5.49. The zero-order valence-electron chi connectivity index (χ0n) is 7.07. The van der Waals surface area contributed by atoms with Gasteiger partial charge in [-0.1, -0.05) is 0 Å². The maximum absolute atomic E-state index is 5.49. The van der Waals surface area contributed by atoms with Crippen LogP contribution in [0.15, 0.2) is 0 Å². The average Bonchev–Trinajstić information content (AvgIpc) is 2.10. The Hall–Kier alpha value is -1.10. The van der Waals surface area contributed by atoms with E-state index in [0.29, 0.717) is 5.95 Å². The number of nitrogen functional groups attached to an aromatic ring is 1. The molecular weight excluding hydrogens is 142 g/mol. The maximum atomic E-state index is 5.49. The molecule has 5 heteroatoms. The molecule has 5 nitrogen and oxygen atoms in total. The lowest BCUT2D eigenvalue weighted by molar-refractivity contribution is 0.389. The third-order valence-corrected chi connectivity index (χ3v) is 1.30. The molecule has 1 aromatic rings. The standard InChI is InChI=1S/C6H13N5/c1-10(2)4-5-8-6(7)11(3)9-5/h4H2,1-3H3,(H2,7,8,9). The third kappa shape index (κ3) is 1.91. The summed E-state index contributed by atoms with van der Waals surface area (Å²) in [7, 11) is 5.71. The fraction of sp³-hybridized carbons (Fsp3) is 0.667. The van der Waals surface area contributed by atoms with Gasteiger partial charge in [-0.15, -0.1) is 0 Å². The summed E-state index contributed by atoms with van der Waals surface area (Å²) >= 11 is 0. The minimum atomic E-state index is 0.460. The first-order chi connectivity index (χ1) is 5.09. The Kier molecular flexibility index (Phi) is 2.09. The molecule has 1 rings (SSSR count). The van der Waals surface area contributed by atoms with Gasteiger partial charge in [0, 0.05) is 7.05 Å². The molecule has 0 aliphatic rings. The minimum Gasteiger partial charge on any atom is -0.368 e. The first-order valence-electron chi connectivity index (χ1n) is 3.39. The van der Waals surface area contributed by atoms with Crippen molar-refractivity contribution in [2.75, 3.05) is 19.8 Å². The Morgan fingerprint density at radius 2 is 2.18 bits per heavy atom. The van der Waals surface area contributed by atoms with E-state index in [1.807, 2.05) is 19.0 Å². The van der Waals surface area contributed by atoms with Gasteiger partial charge in [0.25, 0.3) is 0 Å². The number of aryl methyl sites for hydroxylation is 1. The van der Waals surface area contributed by atoms with E-state index in [9.17, 15) is 0 Å². The molecule has 0 saturated heterocycles. The molecule has 0 bridgehead atoms. The first-order valence-corrected chi connectivity index (χ1v) is 3.39. The molecule has 0 atom stereocenters. The fourth-order valence-electron chi connectivity index (χ4n) is 0.801. The highest BCUT2D eigenvalue weighted by Gasteiger charge is 2.03. The number of aromatic nitrogens is 3. The summed E-state index contributed by atoms with van der Waals surface area (Å²) in [5, 5.41) is 4.09. The second kappa shape index (κ2) is 2.87. The van der Waals surface area contributed by atoms with Crippen LogP contribution >= 0.6 is 0 Å². The van der Waals surface area contributed by atoms with Crippen molar-refractivity contribution in [3.63, 3.8) is 0 Å². The zero-order valence-corrected chi connectivity index (χ0v) is 7.07. The zero-order chi connectivity index (χ0) is 8.43. The van der Waals surface area contributed by atoms with Crippen LogP contribution in [0, 0.1) is 0 Å². The number of nitrogens with zero attached hydrogens (tertiary/aromatic N) is 4. The molecule has 0 amide bonds. The summed E-state index contributed by atoms with van der Waals surface area (Å²) in [6, 6.07) is 0. The van der Waals surface area contributed by atoms with Gasteiger partial charge in [0.1, 0.15) is 0 Å². The van der Waals surface area contributed by atoms with Crippen LogP contribution in [0.4, 0.5) is 5.95 Å². The monoisotopic (exact) mass is 155 g/mol. The number of hydrogen-bond donors (Lipinski definition) is 1. The van der Waals surface area contributed by atoms with Crippen molar-refractivity contribution >= 4 is 5.95 Å². The smallest absolute Gasteiger partial charge is 0.218 e. The molecule has 0 spiro atoms. The Labute approximate surface area is 65.8 Å². The van der Waals surface area contributed by atoms with Crippen molar-refractivity contribution in [3.8, 4) is 0 Å². The van der Waals surface area contributed by atoms with Gasteiger partial charge in [-0.25, -0.2) is 4.68 Å². The van der Waals surface area contributed by atoms with E-state index >= 15 is 0 Å². The van der Waals surface area contributed by atoms with Crippen LogP contribution in [0.2, 0.25) is 0 Å². The molecule has 1 heterocycles. The lowest BCUT2D eigenvalue weighted by atomic mass is 10.6. The van der Waals surface area contributed by atoms with Gasteiger partial charge < -0.3 is 10.6 Å². The van der Waals surface area contributed by atoms with Crippen LogP contribution < -0.4 is 5.73 Å². The highest BCUT2D eigenvalue weighted by Crippen LogP contribution is 1.98. The van der Waals surface area contributed by atoms with Crippen molar-refractivity contribution in [3.05, 3.63) is 5.82 Å². The van der Waals surface area contributed by atoms with E-state index in [1.165, 1.54) is 0 Å². The number of rotatable bonds is 2. The molecule has 62 valence electrons.